The number of likely N-dealkylation sites (N-methyl/N-ethyl adjacent to an activating group) is 1. The van der Waals surface area contributed by atoms with Crippen LogP contribution in [-0.2, 0) is 0 Å². The van der Waals surface area contributed by atoms with E-state index in [2.05, 4.69) is 53.0 Å². The molecule has 0 spiro atoms. The molecule has 6 heteroatoms. The van der Waals surface area contributed by atoms with E-state index in [0.717, 1.165) is 19.0 Å². The molecule has 2 aliphatic rings. The average Bonchev–Trinajstić information content (AvgIpc) is 2.68. The average molecular weight is 381 g/mol. The van der Waals surface area contributed by atoms with E-state index in [1.165, 1.54) is 78.0 Å². The fourth-order valence-electron chi connectivity index (χ4n) is 4.04. The van der Waals surface area contributed by atoms with Crippen molar-refractivity contribution in [3.05, 3.63) is 0 Å². The van der Waals surface area contributed by atoms with E-state index in [-0.39, 0.29) is 0 Å². The number of hydrogen-bond donors (Lipinski definition) is 2. The first-order valence-corrected chi connectivity index (χ1v) is 11.4. The zero-order valence-corrected chi connectivity index (χ0v) is 18.3. The van der Waals surface area contributed by atoms with Gasteiger partial charge in [0.25, 0.3) is 0 Å². The van der Waals surface area contributed by atoms with E-state index in [9.17, 15) is 0 Å². The maximum absolute atomic E-state index is 4.82. The number of guanidine groups is 1. The molecule has 0 bridgehead atoms. The van der Waals surface area contributed by atoms with Crippen molar-refractivity contribution in [2.75, 3.05) is 65.4 Å². The van der Waals surface area contributed by atoms with Crippen LogP contribution >= 0.6 is 0 Å². The molecule has 0 atom stereocenters. The second-order valence-electron chi connectivity index (χ2n) is 8.29. The number of nitrogens with one attached hydrogen (secondary N) is 2. The number of piperazine rings is 1. The lowest BCUT2D eigenvalue weighted by Crippen LogP contribution is -2.49. The van der Waals surface area contributed by atoms with Crippen LogP contribution in [0, 0.1) is 0 Å². The highest BCUT2D eigenvalue weighted by Gasteiger charge is 2.21. The van der Waals surface area contributed by atoms with Crippen molar-refractivity contribution < 1.29 is 0 Å². The van der Waals surface area contributed by atoms with Crippen LogP contribution in [0.5, 0.6) is 0 Å². The molecular weight excluding hydrogens is 336 g/mol. The van der Waals surface area contributed by atoms with Gasteiger partial charge in [-0.3, -0.25) is 4.99 Å². The maximum atomic E-state index is 4.82. The summed E-state index contributed by atoms with van der Waals surface area (Å²) < 4.78 is 0. The largest absolute Gasteiger partial charge is 0.357 e. The molecule has 0 amide bonds. The lowest BCUT2D eigenvalue weighted by atomic mass is 10.0. The van der Waals surface area contributed by atoms with E-state index < -0.39 is 0 Å². The number of piperidine rings is 1. The van der Waals surface area contributed by atoms with Gasteiger partial charge in [-0.05, 0) is 59.5 Å². The Labute approximate surface area is 167 Å². The van der Waals surface area contributed by atoms with Crippen molar-refractivity contribution in [1.29, 1.82) is 0 Å². The topological polar surface area (TPSA) is 46.1 Å². The Kier molecular flexibility index (Phi) is 10.5. The lowest BCUT2D eigenvalue weighted by molar-refractivity contribution is 0.136. The highest BCUT2D eigenvalue weighted by Crippen LogP contribution is 2.12. The van der Waals surface area contributed by atoms with Gasteiger partial charge in [0.05, 0.1) is 0 Å². The molecule has 2 N–H and O–H groups in total. The molecule has 2 rings (SSSR count). The Morgan fingerprint density at radius 2 is 1.63 bits per heavy atom. The normalized spacial score (nSPS) is 21.7. The van der Waals surface area contributed by atoms with Crippen LogP contribution in [0.4, 0.5) is 0 Å². The summed E-state index contributed by atoms with van der Waals surface area (Å²) in [6, 6.07) is 1.23. The number of likely N-dealkylation sites (tertiary alicyclic amines) is 1. The summed E-state index contributed by atoms with van der Waals surface area (Å²) in [5.74, 6) is 1.01. The number of nitrogens with zero attached hydrogens (tertiary/aromatic N) is 4. The first-order chi connectivity index (χ1) is 13.1. The third-order valence-corrected chi connectivity index (χ3v) is 6.01. The van der Waals surface area contributed by atoms with Crippen LogP contribution in [0.25, 0.3) is 0 Å². The summed E-state index contributed by atoms with van der Waals surface area (Å²) in [6.45, 7) is 20.6. The second-order valence-corrected chi connectivity index (χ2v) is 8.29. The van der Waals surface area contributed by atoms with Crippen LogP contribution in [0.3, 0.4) is 0 Å². The second kappa shape index (κ2) is 12.6. The van der Waals surface area contributed by atoms with Crippen molar-refractivity contribution in [2.24, 2.45) is 4.99 Å². The van der Waals surface area contributed by atoms with E-state index in [4.69, 9.17) is 4.99 Å². The SMILES string of the molecule is CCNC(=NCCCCN1CCN(CC)CC1)NC1CCN(C(C)C)CC1. The molecule has 2 saturated heterocycles. The van der Waals surface area contributed by atoms with Gasteiger partial charge >= 0.3 is 0 Å². The monoisotopic (exact) mass is 380 g/mol. The molecule has 27 heavy (non-hydrogen) atoms. The Morgan fingerprint density at radius 1 is 0.963 bits per heavy atom. The van der Waals surface area contributed by atoms with Crippen molar-refractivity contribution in [3.63, 3.8) is 0 Å². The number of hydrogen-bond acceptors (Lipinski definition) is 4. The van der Waals surface area contributed by atoms with Gasteiger partial charge in [0, 0.05) is 64.4 Å². The quantitative estimate of drug-likeness (QED) is 0.363. The highest BCUT2D eigenvalue weighted by atomic mass is 15.3. The molecule has 0 radical (unpaired) electrons. The zero-order chi connectivity index (χ0) is 19.5. The molecule has 2 heterocycles. The third-order valence-electron chi connectivity index (χ3n) is 6.01. The summed E-state index contributed by atoms with van der Waals surface area (Å²) in [5.41, 5.74) is 0. The standard InChI is InChI=1S/C21H44N6/c1-5-22-21(24-20-9-13-27(14-10-20)19(3)4)23-11-7-8-12-26-17-15-25(6-2)16-18-26/h19-20H,5-18H2,1-4H3,(H2,22,23,24). The van der Waals surface area contributed by atoms with E-state index >= 15 is 0 Å². The van der Waals surface area contributed by atoms with Gasteiger partial charge in [0.15, 0.2) is 5.96 Å². The Bertz CT molecular complexity index is 409. The van der Waals surface area contributed by atoms with Crippen molar-refractivity contribution in [3.8, 4) is 0 Å². The first-order valence-electron chi connectivity index (χ1n) is 11.4. The highest BCUT2D eigenvalue weighted by molar-refractivity contribution is 5.80. The Morgan fingerprint density at radius 3 is 2.22 bits per heavy atom. The number of rotatable bonds is 9. The molecular formula is C21H44N6. The van der Waals surface area contributed by atoms with Gasteiger partial charge in [0.2, 0.25) is 0 Å². The number of unbranched alkanes of at least 4 members (excludes halogenated alkanes) is 1. The van der Waals surface area contributed by atoms with Gasteiger partial charge in [-0.1, -0.05) is 6.92 Å². The Hall–Kier alpha value is -0.850. The van der Waals surface area contributed by atoms with Crippen LogP contribution in [0.15, 0.2) is 4.99 Å². The van der Waals surface area contributed by atoms with Gasteiger partial charge in [-0.2, -0.15) is 0 Å². The molecule has 0 saturated carbocycles. The van der Waals surface area contributed by atoms with Crippen LogP contribution in [-0.4, -0.2) is 98.2 Å². The Balaban J connectivity index is 1.62. The van der Waals surface area contributed by atoms with Gasteiger partial charge in [-0.25, -0.2) is 0 Å². The van der Waals surface area contributed by atoms with Crippen LogP contribution in [0.1, 0.15) is 53.4 Å². The molecule has 2 aliphatic heterocycles. The van der Waals surface area contributed by atoms with Gasteiger partial charge in [0.1, 0.15) is 0 Å². The minimum atomic E-state index is 0.563. The molecule has 0 unspecified atom stereocenters. The zero-order valence-electron chi connectivity index (χ0n) is 18.3. The fourth-order valence-corrected chi connectivity index (χ4v) is 4.04. The van der Waals surface area contributed by atoms with Crippen LogP contribution in [0.2, 0.25) is 0 Å². The summed E-state index contributed by atoms with van der Waals surface area (Å²) in [7, 11) is 0. The molecule has 0 aromatic heterocycles. The van der Waals surface area contributed by atoms with Crippen molar-refractivity contribution in [1.82, 2.24) is 25.3 Å². The minimum Gasteiger partial charge on any atom is -0.357 e. The van der Waals surface area contributed by atoms with Crippen molar-refractivity contribution in [2.45, 2.75) is 65.5 Å². The minimum absolute atomic E-state index is 0.563. The predicted octanol–water partition coefficient (Wildman–Crippen LogP) is 1.83. The van der Waals surface area contributed by atoms with Crippen LogP contribution < -0.4 is 10.6 Å². The molecule has 2 fully saturated rings. The summed E-state index contributed by atoms with van der Waals surface area (Å²) >= 11 is 0. The fraction of sp³-hybridized carbons (Fsp3) is 0.952. The molecule has 0 aromatic rings. The smallest absolute Gasteiger partial charge is 0.191 e. The van der Waals surface area contributed by atoms with E-state index in [1.807, 2.05) is 0 Å². The third kappa shape index (κ3) is 8.36. The van der Waals surface area contributed by atoms with E-state index in [0.29, 0.717) is 12.1 Å². The molecule has 0 aromatic carbocycles. The van der Waals surface area contributed by atoms with Crippen molar-refractivity contribution >= 4 is 5.96 Å². The lowest BCUT2D eigenvalue weighted by Gasteiger charge is -2.35. The first kappa shape index (κ1) is 22.4. The molecule has 158 valence electrons. The molecule has 6 nitrogen and oxygen atoms in total. The maximum Gasteiger partial charge on any atom is 0.191 e. The summed E-state index contributed by atoms with van der Waals surface area (Å²) in [4.78, 5) is 12.6. The predicted molar refractivity (Wildman–Crippen MR) is 117 cm³/mol. The number of aliphatic imine (C=N–C) groups is 1. The summed E-state index contributed by atoms with van der Waals surface area (Å²) in [5, 5.41) is 7.09. The molecule has 0 aliphatic carbocycles. The van der Waals surface area contributed by atoms with E-state index in [1.54, 1.807) is 0 Å². The summed E-state index contributed by atoms with van der Waals surface area (Å²) in [6.07, 6.45) is 4.86. The van der Waals surface area contributed by atoms with Gasteiger partial charge in [-0.15, -0.1) is 0 Å². The van der Waals surface area contributed by atoms with Gasteiger partial charge < -0.3 is 25.3 Å².